The Morgan fingerprint density at radius 2 is 2.06 bits per heavy atom. The summed E-state index contributed by atoms with van der Waals surface area (Å²) in [6, 6.07) is 8.28. The second-order valence-electron chi connectivity index (χ2n) is 3.80. The molecule has 1 heterocycles. The molecule has 1 N–H and O–H groups in total. The smallest absolute Gasteiger partial charge is 0.207 e. The quantitative estimate of drug-likeness (QED) is 0.823. The average molecular weight is 250 g/mol. The van der Waals surface area contributed by atoms with Gasteiger partial charge in [-0.2, -0.15) is 0 Å². The van der Waals surface area contributed by atoms with Gasteiger partial charge in [0.1, 0.15) is 0 Å². The number of imidazole rings is 1. The lowest BCUT2D eigenvalue weighted by Gasteiger charge is -2.08. The molecule has 0 fully saturated rings. The van der Waals surface area contributed by atoms with Crippen LogP contribution < -0.4 is 5.32 Å². The molecule has 1 aromatic carbocycles. The third-order valence-corrected chi connectivity index (χ3v) is 2.84. The highest BCUT2D eigenvalue weighted by atomic mass is 35.5. The molecule has 4 heteroatoms. The number of nitrogens with zero attached hydrogens (tertiary/aromatic N) is 2. The molecule has 0 radical (unpaired) electrons. The van der Waals surface area contributed by atoms with E-state index in [1.807, 2.05) is 6.20 Å². The molecule has 2 rings (SSSR count). The largest absolute Gasteiger partial charge is 0.326 e. The number of nitrogens with one attached hydrogen (secondary N) is 1. The van der Waals surface area contributed by atoms with E-state index in [1.165, 1.54) is 5.56 Å². The molecule has 2 aromatic rings. The van der Waals surface area contributed by atoms with Crippen LogP contribution in [0.3, 0.4) is 0 Å². The molecule has 0 aliphatic rings. The first-order valence-electron chi connectivity index (χ1n) is 5.76. The first kappa shape index (κ1) is 12.0. The van der Waals surface area contributed by atoms with E-state index < -0.39 is 0 Å². The van der Waals surface area contributed by atoms with Crippen LogP contribution in [0.25, 0.3) is 0 Å². The summed E-state index contributed by atoms with van der Waals surface area (Å²) >= 11 is 5.70. The minimum absolute atomic E-state index is 0.660. The van der Waals surface area contributed by atoms with Gasteiger partial charge in [0.2, 0.25) is 5.95 Å². The van der Waals surface area contributed by atoms with Crippen molar-refractivity contribution in [2.24, 2.45) is 0 Å². The molecule has 1 aromatic heterocycles. The highest BCUT2D eigenvalue weighted by Gasteiger charge is 2.01. The zero-order chi connectivity index (χ0) is 12.1. The van der Waals surface area contributed by atoms with Gasteiger partial charge in [-0.15, -0.1) is 11.6 Å². The fraction of sp³-hybridized carbons (Fsp3) is 0.308. The highest BCUT2D eigenvalue weighted by molar-refractivity contribution is 6.17. The van der Waals surface area contributed by atoms with Crippen molar-refractivity contribution < 1.29 is 0 Å². The first-order valence-corrected chi connectivity index (χ1v) is 6.30. The maximum atomic E-state index is 5.70. The van der Waals surface area contributed by atoms with Crippen molar-refractivity contribution in [3.05, 3.63) is 42.2 Å². The summed E-state index contributed by atoms with van der Waals surface area (Å²) in [5.74, 6) is 1.53. The molecule has 0 unspecified atom stereocenters. The number of benzene rings is 1. The van der Waals surface area contributed by atoms with E-state index in [0.29, 0.717) is 5.88 Å². The maximum absolute atomic E-state index is 5.70. The SMILES string of the molecule is CCn1ccnc1Nc1ccc(CCCl)cc1. The lowest BCUT2D eigenvalue weighted by molar-refractivity contribution is 0.772. The summed E-state index contributed by atoms with van der Waals surface area (Å²) in [5, 5.41) is 3.29. The van der Waals surface area contributed by atoms with E-state index in [4.69, 9.17) is 11.6 Å². The van der Waals surface area contributed by atoms with Gasteiger partial charge in [0.25, 0.3) is 0 Å². The third kappa shape index (κ3) is 3.01. The molecule has 0 amide bonds. The number of hydrogen-bond acceptors (Lipinski definition) is 2. The van der Waals surface area contributed by atoms with E-state index in [1.54, 1.807) is 6.20 Å². The fourth-order valence-electron chi connectivity index (χ4n) is 1.68. The number of alkyl halides is 1. The number of anilines is 2. The van der Waals surface area contributed by atoms with Crippen LogP contribution in [0.15, 0.2) is 36.7 Å². The van der Waals surface area contributed by atoms with E-state index >= 15 is 0 Å². The summed E-state index contributed by atoms with van der Waals surface area (Å²) in [7, 11) is 0. The monoisotopic (exact) mass is 249 g/mol. The van der Waals surface area contributed by atoms with Crippen LogP contribution in [-0.2, 0) is 13.0 Å². The Morgan fingerprint density at radius 1 is 1.29 bits per heavy atom. The first-order chi connectivity index (χ1) is 8.33. The molecule has 0 bridgehead atoms. The van der Waals surface area contributed by atoms with Gasteiger partial charge in [0.15, 0.2) is 0 Å². The predicted molar refractivity (Wildman–Crippen MR) is 72.0 cm³/mol. The van der Waals surface area contributed by atoms with Crippen molar-refractivity contribution in [2.75, 3.05) is 11.2 Å². The Balaban J connectivity index is 2.08. The van der Waals surface area contributed by atoms with Crippen molar-refractivity contribution in [2.45, 2.75) is 19.9 Å². The second kappa shape index (κ2) is 5.73. The molecule has 0 aliphatic heterocycles. The van der Waals surface area contributed by atoms with Crippen LogP contribution in [0.1, 0.15) is 12.5 Å². The van der Waals surface area contributed by atoms with Crippen LogP contribution >= 0.6 is 11.6 Å². The zero-order valence-electron chi connectivity index (χ0n) is 9.86. The van der Waals surface area contributed by atoms with Crippen molar-refractivity contribution in [1.29, 1.82) is 0 Å². The van der Waals surface area contributed by atoms with E-state index in [0.717, 1.165) is 24.6 Å². The normalized spacial score (nSPS) is 10.5. The molecule has 17 heavy (non-hydrogen) atoms. The van der Waals surface area contributed by atoms with Gasteiger partial charge in [-0.3, -0.25) is 0 Å². The molecular weight excluding hydrogens is 234 g/mol. The molecular formula is C13H16ClN3. The number of aromatic nitrogens is 2. The Kier molecular flexibility index (Phi) is 4.04. The van der Waals surface area contributed by atoms with Gasteiger partial charge < -0.3 is 9.88 Å². The lowest BCUT2D eigenvalue weighted by atomic mass is 10.1. The van der Waals surface area contributed by atoms with Gasteiger partial charge in [-0.1, -0.05) is 12.1 Å². The van der Waals surface area contributed by atoms with Crippen molar-refractivity contribution in [3.8, 4) is 0 Å². The van der Waals surface area contributed by atoms with Gasteiger partial charge >= 0.3 is 0 Å². The molecule has 90 valence electrons. The predicted octanol–water partition coefficient (Wildman–Crippen LogP) is 3.43. The topological polar surface area (TPSA) is 29.9 Å². The Hall–Kier alpha value is -1.48. The van der Waals surface area contributed by atoms with Crippen molar-refractivity contribution in [1.82, 2.24) is 9.55 Å². The van der Waals surface area contributed by atoms with Gasteiger partial charge in [-0.05, 0) is 31.0 Å². The van der Waals surface area contributed by atoms with Crippen LogP contribution in [-0.4, -0.2) is 15.4 Å². The molecule has 0 atom stereocenters. The minimum Gasteiger partial charge on any atom is -0.326 e. The van der Waals surface area contributed by atoms with Gasteiger partial charge in [0.05, 0.1) is 0 Å². The zero-order valence-corrected chi connectivity index (χ0v) is 10.6. The molecule has 3 nitrogen and oxygen atoms in total. The summed E-state index contributed by atoms with van der Waals surface area (Å²) in [4.78, 5) is 4.27. The van der Waals surface area contributed by atoms with Gasteiger partial charge in [-0.25, -0.2) is 4.98 Å². The Labute approximate surface area is 106 Å². The van der Waals surface area contributed by atoms with Crippen molar-refractivity contribution >= 4 is 23.2 Å². The molecule has 0 saturated heterocycles. The maximum Gasteiger partial charge on any atom is 0.207 e. The third-order valence-electron chi connectivity index (χ3n) is 2.65. The number of hydrogen-bond donors (Lipinski definition) is 1. The fourth-order valence-corrected chi connectivity index (χ4v) is 1.90. The Bertz CT molecular complexity index is 462. The van der Waals surface area contributed by atoms with E-state index in [2.05, 4.69) is 46.1 Å². The van der Waals surface area contributed by atoms with Crippen LogP contribution in [0.2, 0.25) is 0 Å². The molecule has 0 saturated carbocycles. The van der Waals surface area contributed by atoms with E-state index in [-0.39, 0.29) is 0 Å². The highest BCUT2D eigenvalue weighted by Crippen LogP contribution is 2.16. The van der Waals surface area contributed by atoms with Crippen molar-refractivity contribution in [3.63, 3.8) is 0 Å². The number of rotatable bonds is 5. The number of aryl methyl sites for hydroxylation is 2. The Morgan fingerprint density at radius 3 is 2.71 bits per heavy atom. The summed E-state index contributed by atoms with van der Waals surface area (Å²) < 4.78 is 2.06. The van der Waals surface area contributed by atoms with Crippen LogP contribution in [0.5, 0.6) is 0 Å². The second-order valence-corrected chi connectivity index (χ2v) is 4.18. The van der Waals surface area contributed by atoms with Crippen LogP contribution in [0.4, 0.5) is 11.6 Å². The summed E-state index contributed by atoms with van der Waals surface area (Å²) in [5.41, 5.74) is 2.30. The summed E-state index contributed by atoms with van der Waals surface area (Å²) in [6.07, 6.45) is 4.67. The van der Waals surface area contributed by atoms with Gasteiger partial charge in [0, 0.05) is 30.5 Å². The van der Waals surface area contributed by atoms with E-state index in [9.17, 15) is 0 Å². The standard InChI is InChI=1S/C13H16ClN3/c1-2-17-10-9-15-13(17)16-12-5-3-11(4-6-12)7-8-14/h3-6,9-10H,2,7-8H2,1H3,(H,15,16). The average Bonchev–Trinajstić information content (AvgIpc) is 2.79. The number of halogens is 1. The molecule has 0 aliphatic carbocycles. The minimum atomic E-state index is 0.660. The summed E-state index contributed by atoms with van der Waals surface area (Å²) in [6.45, 7) is 3.00. The lowest BCUT2D eigenvalue weighted by Crippen LogP contribution is -2.01. The van der Waals surface area contributed by atoms with Crippen LogP contribution in [0, 0.1) is 0 Å². The molecule has 0 spiro atoms.